The van der Waals surface area contributed by atoms with Gasteiger partial charge in [0, 0.05) is 18.4 Å². The van der Waals surface area contributed by atoms with Crippen LogP contribution in [0.4, 0.5) is 18.9 Å². The van der Waals surface area contributed by atoms with E-state index >= 15 is 0 Å². The van der Waals surface area contributed by atoms with Crippen molar-refractivity contribution in [3.8, 4) is 0 Å². The summed E-state index contributed by atoms with van der Waals surface area (Å²) < 4.78 is 41.3. The first-order valence-electron chi connectivity index (χ1n) is 8.49. The highest BCUT2D eigenvalue weighted by molar-refractivity contribution is 7.81. The number of rotatable bonds is 2. The van der Waals surface area contributed by atoms with E-state index in [0.717, 1.165) is 17.7 Å². The Balaban J connectivity index is 2.03. The Morgan fingerprint density at radius 1 is 1.35 bits per heavy atom. The van der Waals surface area contributed by atoms with Crippen LogP contribution in [0.25, 0.3) is 0 Å². The third-order valence-electron chi connectivity index (χ3n) is 5.22. The maximum absolute atomic E-state index is 13.4. The van der Waals surface area contributed by atoms with Gasteiger partial charge in [0.1, 0.15) is 4.99 Å². The fraction of sp³-hybridized carbons (Fsp3) is 0.474. The molecule has 140 valence electrons. The van der Waals surface area contributed by atoms with Crippen LogP contribution < -0.4 is 5.32 Å². The van der Waals surface area contributed by atoms with Crippen LogP contribution >= 0.6 is 12.2 Å². The van der Waals surface area contributed by atoms with Crippen LogP contribution in [-0.4, -0.2) is 14.8 Å². The lowest BCUT2D eigenvalue weighted by atomic mass is 9.86. The van der Waals surface area contributed by atoms with Gasteiger partial charge in [0.25, 0.3) is 0 Å². The number of thiocarbonyl (C=S) groups is 1. The van der Waals surface area contributed by atoms with Crippen molar-refractivity contribution in [2.24, 2.45) is 7.05 Å². The Kier molecular flexibility index (Phi) is 4.42. The van der Waals surface area contributed by atoms with Crippen molar-refractivity contribution in [1.82, 2.24) is 9.78 Å². The first kappa shape index (κ1) is 18.9. The highest BCUT2D eigenvalue weighted by atomic mass is 32.1. The van der Waals surface area contributed by atoms with E-state index in [1.165, 1.54) is 17.3 Å². The molecule has 1 aliphatic carbocycles. The predicted molar refractivity (Wildman–Crippen MR) is 101 cm³/mol. The summed E-state index contributed by atoms with van der Waals surface area (Å²) in [5.74, 6) is 0.309. The predicted octanol–water partition coefficient (Wildman–Crippen LogP) is 5.32. The lowest BCUT2D eigenvalue weighted by molar-refractivity contribution is -0.141. The summed E-state index contributed by atoms with van der Waals surface area (Å²) in [5.41, 5.74) is 2.55. The molecule has 0 spiro atoms. The second kappa shape index (κ2) is 6.08. The van der Waals surface area contributed by atoms with Crippen LogP contribution in [-0.2, 0) is 18.6 Å². The maximum atomic E-state index is 13.4. The van der Waals surface area contributed by atoms with Crippen molar-refractivity contribution in [3.63, 3.8) is 0 Å². The van der Waals surface area contributed by atoms with Crippen molar-refractivity contribution in [2.45, 2.75) is 51.6 Å². The Bertz CT molecular complexity index is 881. The van der Waals surface area contributed by atoms with Crippen molar-refractivity contribution in [2.75, 3.05) is 5.32 Å². The number of nitrogens with zero attached hydrogens (tertiary/aromatic N) is 2. The zero-order valence-electron chi connectivity index (χ0n) is 15.5. The minimum absolute atomic E-state index is 0.0371. The van der Waals surface area contributed by atoms with Crippen LogP contribution in [0.1, 0.15) is 61.2 Å². The van der Waals surface area contributed by atoms with E-state index in [1.54, 1.807) is 6.92 Å². The van der Waals surface area contributed by atoms with Gasteiger partial charge in [0.15, 0.2) is 5.69 Å². The molecule has 0 saturated heterocycles. The average Bonchev–Trinajstić information content (AvgIpc) is 2.94. The molecule has 1 aromatic heterocycles. The molecular formula is C19H22F3N3S. The summed E-state index contributed by atoms with van der Waals surface area (Å²) in [4.78, 5) is 0.0493. The SMILES string of the molecule is Cc1c(C(=S)Nc2cccc3c2C(C)CC3(C)C)c(C(F)(F)F)nn1C. The van der Waals surface area contributed by atoms with Gasteiger partial charge in [-0.15, -0.1) is 0 Å². The number of anilines is 1. The highest BCUT2D eigenvalue weighted by Gasteiger charge is 2.40. The Labute approximate surface area is 156 Å². The van der Waals surface area contributed by atoms with E-state index in [0.29, 0.717) is 11.6 Å². The van der Waals surface area contributed by atoms with Crippen molar-refractivity contribution < 1.29 is 13.2 Å². The fourth-order valence-corrected chi connectivity index (χ4v) is 4.39. The topological polar surface area (TPSA) is 29.9 Å². The summed E-state index contributed by atoms with van der Waals surface area (Å²) in [5, 5.41) is 6.69. The minimum Gasteiger partial charge on any atom is -0.346 e. The molecular weight excluding hydrogens is 359 g/mol. The number of aryl methyl sites for hydroxylation is 1. The van der Waals surface area contributed by atoms with E-state index < -0.39 is 11.9 Å². The van der Waals surface area contributed by atoms with Crippen molar-refractivity contribution in [3.05, 3.63) is 46.3 Å². The van der Waals surface area contributed by atoms with Gasteiger partial charge in [-0.25, -0.2) is 0 Å². The second-order valence-corrected chi connectivity index (χ2v) is 8.05. The van der Waals surface area contributed by atoms with Gasteiger partial charge in [-0.05, 0) is 41.9 Å². The quantitative estimate of drug-likeness (QED) is 0.714. The molecule has 1 aliphatic rings. The summed E-state index contributed by atoms with van der Waals surface area (Å²) in [6.45, 7) is 8.10. The average molecular weight is 381 g/mol. The van der Waals surface area contributed by atoms with E-state index in [4.69, 9.17) is 12.2 Å². The molecule has 0 saturated carbocycles. The van der Waals surface area contributed by atoms with E-state index in [-0.39, 0.29) is 16.0 Å². The van der Waals surface area contributed by atoms with Crippen LogP contribution in [0.15, 0.2) is 18.2 Å². The number of aromatic nitrogens is 2. The molecule has 7 heteroatoms. The van der Waals surface area contributed by atoms with E-state index in [9.17, 15) is 13.2 Å². The molecule has 0 radical (unpaired) electrons. The van der Waals surface area contributed by atoms with Crippen LogP contribution in [0, 0.1) is 6.92 Å². The molecule has 0 fully saturated rings. The zero-order valence-corrected chi connectivity index (χ0v) is 16.3. The molecule has 3 rings (SSSR count). The fourth-order valence-electron chi connectivity index (χ4n) is 4.04. The second-order valence-electron chi connectivity index (χ2n) is 7.64. The third-order valence-corrected chi connectivity index (χ3v) is 5.53. The summed E-state index contributed by atoms with van der Waals surface area (Å²) in [7, 11) is 1.49. The number of fused-ring (bicyclic) bond motifs is 1. The Morgan fingerprint density at radius 3 is 2.62 bits per heavy atom. The largest absolute Gasteiger partial charge is 0.435 e. The lowest BCUT2D eigenvalue weighted by Crippen LogP contribution is -2.19. The third kappa shape index (κ3) is 3.02. The standard InChI is InChI=1S/C19H22F3N3S/c1-10-9-18(3,4)12-7-6-8-13(14(10)12)23-17(26)15-11(2)25(5)24-16(15)19(20,21)22/h6-8,10H,9H2,1-5H3,(H,23,26). The van der Waals surface area contributed by atoms with Crippen molar-refractivity contribution in [1.29, 1.82) is 0 Å². The molecule has 1 unspecified atom stereocenters. The van der Waals surface area contributed by atoms with Crippen molar-refractivity contribution >= 4 is 22.9 Å². The molecule has 2 aromatic rings. The number of alkyl halides is 3. The number of nitrogens with one attached hydrogen (secondary N) is 1. The maximum Gasteiger partial charge on any atom is 0.435 e. The van der Waals surface area contributed by atoms with Gasteiger partial charge >= 0.3 is 6.18 Å². The van der Waals surface area contributed by atoms with E-state index in [2.05, 4.69) is 37.3 Å². The molecule has 0 aliphatic heterocycles. The van der Waals surface area contributed by atoms with Gasteiger partial charge in [0.05, 0.1) is 5.56 Å². The summed E-state index contributed by atoms with van der Waals surface area (Å²) in [6, 6.07) is 5.88. The first-order chi connectivity index (χ1) is 11.9. The van der Waals surface area contributed by atoms with Crippen LogP contribution in [0.3, 0.4) is 0 Å². The monoisotopic (exact) mass is 381 g/mol. The number of benzene rings is 1. The molecule has 1 N–H and O–H groups in total. The molecule has 26 heavy (non-hydrogen) atoms. The number of hydrogen-bond donors (Lipinski definition) is 1. The minimum atomic E-state index is -4.55. The van der Waals surface area contributed by atoms with Crippen LogP contribution in [0.2, 0.25) is 0 Å². The van der Waals surface area contributed by atoms with Crippen LogP contribution in [0.5, 0.6) is 0 Å². The van der Waals surface area contributed by atoms with Gasteiger partial charge in [-0.3, -0.25) is 4.68 Å². The lowest BCUT2D eigenvalue weighted by Gasteiger charge is -2.20. The molecule has 0 bridgehead atoms. The summed E-state index contributed by atoms with van der Waals surface area (Å²) in [6.07, 6.45) is -3.56. The normalized spacial score (nSPS) is 18.7. The molecule has 1 heterocycles. The van der Waals surface area contributed by atoms with Gasteiger partial charge < -0.3 is 5.32 Å². The van der Waals surface area contributed by atoms with E-state index in [1.807, 2.05) is 12.1 Å². The molecule has 0 amide bonds. The highest BCUT2D eigenvalue weighted by Crippen LogP contribution is 2.48. The Hall–Kier alpha value is -1.89. The number of hydrogen-bond acceptors (Lipinski definition) is 2. The van der Waals surface area contributed by atoms with Gasteiger partial charge in [0.2, 0.25) is 0 Å². The molecule has 1 aromatic carbocycles. The number of halogens is 3. The molecule has 3 nitrogen and oxygen atoms in total. The smallest absolute Gasteiger partial charge is 0.346 e. The van der Waals surface area contributed by atoms with Gasteiger partial charge in [-0.2, -0.15) is 18.3 Å². The summed E-state index contributed by atoms with van der Waals surface area (Å²) >= 11 is 5.36. The Morgan fingerprint density at radius 2 is 2.00 bits per heavy atom. The molecule has 1 atom stereocenters. The zero-order chi connectivity index (χ0) is 19.4. The first-order valence-corrected chi connectivity index (χ1v) is 8.90. The van der Waals surface area contributed by atoms with Gasteiger partial charge in [-0.1, -0.05) is 45.1 Å².